The van der Waals surface area contributed by atoms with Crippen LogP contribution in [0.4, 0.5) is 8.78 Å². The summed E-state index contributed by atoms with van der Waals surface area (Å²) in [6, 6.07) is 6.47. The fraction of sp³-hybridized carbons (Fsp3) is 0.200. The van der Waals surface area contributed by atoms with E-state index in [0.717, 1.165) is 12.1 Å². The van der Waals surface area contributed by atoms with Gasteiger partial charge in [-0.2, -0.15) is 0 Å². The molecule has 0 saturated carbocycles. The first-order valence-corrected chi connectivity index (χ1v) is 6.66. The number of aliphatic hydroxyl groups excluding tert-OH is 1. The molecule has 1 N–H and O–H groups in total. The summed E-state index contributed by atoms with van der Waals surface area (Å²) in [5.74, 6) is -0.541. The standard InChI is InChI=1S/C15H11ClF2O3/c16-10-7-11(17)9(6-12(10)18)15(19)8-1-2-13-14(5-8)21-4-3-20-13/h1-2,5-7,15,19H,3-4H2. The van der Waals surface area contributed by atoms with Crippen molar-refractivity contribution in [2.75, 3.05) is 13.2 Å². The van der Waals surface area contributed by atoms with Crippen LogP contribution in [0.15, 0.2) is 30.3 Å². The van der Waals surface area contributed by atoms with Crippen LogP contribution in [-0.4, -0.2) is 18.3 Å². The normalized spacial score (nSPS) is 14.9. The van der Waals surface area contributed by atoms with E-state index < -0.39 is 17.7 Å². The number of hydrogen-bond acceptors (Lipinski definition) is 3. The van der Waals surface area contributed by atoms with E-state index in [9.17, 15) is 13.9 Å². The van der Waals surface area contributed by atoms with Gasteiger partial charge in [-0.15, -0.1) is 0 Å². The van der Waals surface area contributed by atoms with Gasteiger partial charge in [0.1, 0.15) is 31.0 Å². The molecule has 0 bridgehead atoms. The molecule has 0 fully saturated rings. The monoisotopic (exact) mass is 312 g/mol. The maximum absolute atomic E-state index is 13.8. The summed E-state index contributed by atoms with van der Waals surface area (Å²) < 4.78 is 38.1. The number of ether oxygens (including phenoxy) is 2. The van der Waals surface area contributed by atoms with Crippen LogP contribution < -0.4 is 9.47 Å². The van der Waals surface area contributed by atoms with Crippen LogP contribution in [0.5, 0.6) is 11.5 Å². The van der Waals surface area contributed by atoms with Crippen molar-refractivity contribution >= 4 is 11.6 Å². The fourth-order valence-electron chi connectivity index (χ4n) is 2.16. The third-order valence-corrected chi connectivity index (χ3v) is 3.51. The smallest absolute Gasteiger partial charge is 0.161 e. The van der Waals surface area contributed by atoms with Crippen LogP contribution in [0.1, 0.15) is 17.2 Å². The Bertz CT molecular complexity index is 691. The number of aliphatic hydroxyl groups is 1. The molecular weight excluding hydrogens is 302 g/mol. The molecular formula is C15H11ClF2O3. The molecule has 110 valence electrons. The van der Waals surface area contributed by atoms with Gasteiger partial charge >= 0.3 is 0 Å². The van der Waals surface area contributed by atoms with Gasteiger partial charge in [-0.3, -0.25) is 0 Å². The molecule has 0 aromatic heterocycles. The Morgan fingerprint density at radius 1 is 1.00 bits per heavy atom. The Kier molecular flexibility index (Phi) is 3.69. The molecule has 1 aliphatic heterocycles. The number of benzene rings is 2. The van der Waals surface area contributed by atoms with Crippen molar-refractivity contribution in [1.29, 1.82) is 0 Å². The molecule has 1 atom stereocenters. The third kappa shape index (κ3) is 2.66. The van der Waals surface area contributed by atoms with E-state index in [-0.39, 0.29) is 10.6 Å². The van der Waals surface area contributed by atoms with Crippen LogP contribution in [0.25, 0.3) is 0 Å². The summed E-state index contributed by atoms with van der Waals surface area (Å²) in [6.07, 6.45) is -1.33. The van der Waals surface area contributed by atoms with E-state index in [1.807, 2.05) is 0 Å². The van der Waals surface area contributed by atoms with Crippen molar-refractivity contribution in [2.45, 2.75) is 6.10 Å². The molecule has 1 aliphatic rings. The van der Waals surface area contributed by atoms with Gasteiger partial charge in [0.15, 0.2) is 11.5 Å². The zero-order valence-corrected chi connectivity index (χ0v) is 11.5. The third-order valence-electron chi connectivity index (χ3n) is 3.22. The van der Waals surface area contributed by atoms with Crippen LogP contribution in [0.3, 0.4) is 0 Å². The van der Waals surface area contributed by atoms with Gasteiger partial charge in [-0.25, -0.2) is 8.78 Å². The molecule has 3 rings (SSSR count). The average molecular weight is 313 g/mol. The lowest BCUT2D eigenvalue weighted by atomic mass is 10.0. The lowest BCUT2D eigenvalue weighted by Gasteiger charge is -2.20. The molecule has 0 radical (unpaired) electrons. The van der Waals surface area contributed by atoms with Gasteiger partial charge in [-0.05, 0) is 29.8 Å². The van der Waals surface area contributed by atoms with Gasteiger partial charge < -0.3 is 14.6 Å². The predicted octanol–water partition coefficient (Wildman–Crippen LogP) is 3.47. The predicted molar refractivity (Wildman–Crippen MR) is 72.9 cm³/mol. The van der Waals surface area contributed by atoms with Crippen LogP contribution in [0, 0.1) is 11.6 Å². The number of fused-ring (bicyclic) bond motifs is 1. The molecule has 1 unspecified atom stereocenters. The minimum Gasteiger partial charge on any atom is -0.486 e. The van der Waals surface area contributed by atoms with E-state index >= 15 is 0 Å². The van der Waals surface area contributed by atoms with Crippen molar-refractivity contribution in [2.24, 2.45) is 0 Å². The number of rotatable bonds is 2. The van der Waals surface area contributed by atoms with E-state index in [4.69, 9.17) is 21.1 Å². The second-order valence-electron chi connectivity index (χ2n) is 4.59. The van der Waals surface area contributed by atoms with E-state index in [2.05, 4.69) is 0 Å². The van der Waals surface area contributed by atoms with Gasteiger partial charge in [0.2, 0.25) is 0 Å². The maximum atomic E-state index is 13.8. The SMILES string of the molecule is OC(c1ccc2c(c1)OCCO2)c1cc(F)c(Cl)cc1F. The van der Waals surface area contributed by atoms with E-state index in [0.29, 0.717) is 30.3 Å². The highest BCUT2D eigenvalue weighted by atomic mass is 35.5. The van der Waals surface area contributed by atoms with Gasteiger partial charge in [-0.1, -0.05) is 17.7 Å². The lowest BCUT2D eigenvalue weighted by molar-refractivity contribution is 0.169. The first-order valence-electron chi connectivity index (χ1n) is 6.28. The van der Waals surface area contributed by atoms with Gasteiger partial charge in [0.05, 0.1) is 5.02 Å². The van der Waals surface area contributed by atoms with Crippen molar-refractivity contribution in [3.8, 4) is 11.5 Å². The van der Waals surface area contributed by atoms with Crippen molar-refractivity contribution in [3.63, 3.8) is 0 Å². The highest BCUT2D eigenvalue weighted by Gasteiger charge is 2.20. The van der Waals surface area contributed by atoms with Crippen LogP contribution in [-0.2, 0) is 0 Å². The van der Waals surface area contributed by atoms with Gasteiger partial charge in [0, 0.05) is 5.56 Å². The molecule has 21 heavy (non-hydrogen) atoms. The van der Waals surface area contributed by atoms with Crippen molar-refractivity contribution in [3.05, 3.63) is 58.1 Å². The van der Waals surface area contributed by atoms with Crippen LogP contribution in [0.2, 0.25) is 5.02 Å². The number of hydrogen-bond donors (Lipinski definition) is 1. The fourth-order valence-corrected chi connectivity index (χ4v) is 2.31. The zero-order chi connectivity index (χ0) is 15.0. The highest BCUT2D eigenvalue weighted by Crippen LogP contribution is 2.35. The Morgan fingerprint density at radius 2 is 1.71 bits per heavy atom. The Morgan fingerprint density at radius 3 is 2.48 bits per heavy atom. The highest BCUT2D eigenvalue weighted by molar-refractivity contribution is 6.30. The molecule has 0 amide bonds. The summed E-state index contributed by atoms with van der Waals surface area (Å²) >= 11 is 5.50. The second-order valence-corrected chi connectivity index (χ2v) is 5.00. The van der Waals surface area contributed by atoms with E-state index in [1.54, 1.807) is 18.2 Å². The Balaban J connectivity index is 1.98. The molecule has 2 aromatic rings. The summed E-state index contributed by atoms with van der Waals surface area (Å²) in [7, 11) is 0. The quantitative estimate of drug-likeness (QED) is 0.863. The number of halogens is 3. The Labute approximate surface area is 124 Å². The summed E-state index contributed by atoms with van der Waals surface area (Å²) in [5, 5.41) is 9.92. The average Bonchev–Trinajstić information content (AvgIpc) is 2.50. The van der Waals surface area contributed by atoms with Crippen molar-refractivity contribution < 1.29 is 23.4 Å². The molecule has 2 aromatic carbocycles. The summed E-state index contributed by atoms with van der Waals surface area (Å²) in [5.41, 5.74) is 0.188. The van der Waals surface area contributed by atoms with Crippen molar-refractivity contribution in [1.82, 2.24) is 0 Å². The topological polar surface area (TPSA) is 38.7 Å². The Hall–Kier alpha value is -1.85. The minimum atomic E-state index is -1.33. The zero-order valence-electron chi connectivity index (χ0n) is 10.8. The molecule has 6 heteroatoms. The van der Waals surface area contributed by atoms with Crippen LogP contribution >= 0.6 is 11.6 Å². The summed E-state index contributed by atoms with van der Waals surface area (Å²) in [6.45, 7) is 0.850. The molecule has 0 spiro atoms. The molecule has 0 aliphatic carbocycles. The summed E-state index contributed by atoms with van der Waals surface area (Å²) in [4.78, 5) is 0. The molecule has 3 nitrogen and oxygen atoms in total. The first-order chi connectivity index (χ1) is 10.1. The van der Waals surface area contributed by atoms with Gasteiger partial charge in [0.25, 0.3) is 0 Å². The molecule has 0 saturated heterocycles. The maximum Gasteiger partial charge on any atom is 0.161 e. The first kappa shape index (κ1) is 14.1. The van der Waals surface area contributed by atoms with E-state index in [1.165, 1.54) is 0 Å². The second kappa shape index (κ2) is 5.50. The minimum absolute atomic E-state index is 0.187. The largest absolute Gasteiger partial charge is 0.486 e. The molecule has 1 heterocycles. The lowest BCUT2D eigenvalue weighted by Crippen LogP contribution is -2.15.